The van der Waals surface area contributed by atoms with Crippen molar-refractivity contribution in [3.05, 3.63) is 54.1 Å². The quantitative estimate of drug-likeness (QED) is 0.243. The van der Waals surface area contributed by atoms with E-state index in [0.29, 0.717) is 5.56 Å². The Balaban J connectivity index is 1.75. The summed E-state index contributed by atoms with van der Waals surface area (Å²) in [7, 11) is -1.92. The van der Waals surface area contributed by atoms with Gasteiger partial charge in [0.25, 0.3) is 0 Å². The van der Waals surface area contributed by atoms with E-state index < -0.39 is 8.32 Å². The minimum atomic E-state index is -1.92. The van der Waals surface area contributed by atoms with Gasteiger partial charge in [-0.05, 0) is 42.4 Å². The van der Waals surface area contributed by atoms with E-state index in [9.17, 15) is 4.79 Å². The lowest BCUT2D eigenvalue weighted by molar-refractivity contribution is 0.112. The summed E-state index contributed by atoms with van der Waals surface area (Å²) in [5.41, 5.74) is 4.58. The molecular weight excluding hydrogens is 388 g/mol. The number of nitrogens with one attached hydrogen (secondary N) is 2. The van der Waals surface area contributed by atoms with Gasteiger partial charge in [0.05, 0.1) is 11.0 Å². The molecule has 152 valence electrons. The summed E-state index contributed by atoms with van der Waals surface area (Å²) in [4.78, 5) is 19.1. The van der Waals surface area contributed by atoms with Crippen LogP contribution in [0.4, 0.5) is 0 Å². The van der Waals surface area contributed by atoms with Crippen molar-refractivity contribution in [3.63, 3.8) is 0 Å². The molecule has 0 unspecified atom stereocenters. The first-order chi connectivity index (χ1) is 14.2. The third kappa shape index (κ3) is 2.69. The van der Waals surface area contributed by atoms with Crippen LogP contribution in [0, 0.1) is 0 Å². The van der Waals surface area contributed by atoms with Crippen molar-refractivity contribution in [3.8, 4) is 5.75 Å². The summed E-state index contributed by atoms with van der Waals surface area (Å²) in [5.74, 6) is 0.879. The monoisotopic (exact) mass is 414 g/mol. The second kappa shape index (κ2) is 6.22. The van der Waals surface area contributed by atoms with Crippen molar-refractivity contribution in [2.24, 2.45) is 0 Å². The van der Waals surface area contributed by atoms with Gasteiger partial charge >= 0.3 is 0 Å². The molecule has 5 aromatic rings. The van der Waals surface area contributed by atoms with Gasteiger partial charge in [0, 0.05) is 44.2 Å². The molecule has 5 heteroatoms. The van der Waals surface area contributed by atoms with Crippen LogP contribution in [0.2, 0.25) is 18.1 Å². The molecule has 3 aromatic carbocycles. The molecule has 0 atom stereocenters. The maximum absolute atomic E-state index is 12.2. The molecule has 2 aromatic heterocycles. The highest BCUT2D eigenvalue weighted by Gasteiger charge is 2.39. The van der Waals surface area contributed by atoms with Crippen molar-refractivity contribution in [1.82, 2.24) is 9.97 Å². The first-order valence-corrected chi connectivity index (χ1v) is 13.2. The zero-order chi connectivity index (χ0) is 21.3. The normalized spacial score (nSPS) is 13.0. The van der Waals surface area contributed by atoms with Crippen molar-refractivity contribution < 1.29 is 9.22 Å². The molecule has 2 heterocycles. The molecule has 0 radical (unpaired) electrons. The van der Waals surface area contributed by atoms with E-state index in [1.165, 1.54) is 0 Å². The van der Waals surface area contributed by atoms with Crippen LogP contribution in [0.3, 0.4) is 0 Å². The Morgan fingerprint density at radius 3 is 2.37 bits per heavy atom. The predicted octanol–water partition coefficient (Wildman–Crippen LogP) is 7.15. The summed E-state index contributed by atoms with van der Waals surface area (Å²) in [6.07, 6.45) is 0.966. The van der Waals surface area contributed by atoms with Crippen LogP contribution >= 0.6 is 0 Å². The highest BCUT2D eigenvalue weighted by atomic mass is 28.4. The largest absolute Gasteiger partial charge is 0.543 e. The van der Waals surface area contributed by atoms with Crippen LogP contribution in [0.5, 0.6) is 5.75 Å². The molecule has 5 rings (SSSR count). The van der Waals surface area contributed by atoms with E-state index in [2.05, 4.69) is 68.1 Å². The van der Waals surface area contributed by atoms with Crippen molar-refractivity contribution in [2.45, 2.75) is 38.9 Å². The summed E-state index contributed by atoms with van der Waals surface area (Å²) in [6.45, 7) is 11.2. The number of para-hydroxylation sites is 1. The minimum absolute atomic E-state index is 0.132. The third-order valence-corrected chi connectivity index (χ3v) is 11.0. The number of H-pyrrole nitrogens is 2. The lowest BCUT2D eigenvalue weighted by atomic mass is 10.0. The lowest BCUT2D eigenvalue weighted by Gasteiger charge is -2.36. The number of fused-ring (bicyclic) bond motifs is 6. The lowest BCUT2D eigenvalue weighted by Crippen LogP contribution is -2.43. The number of aromatic amines is 2. The number of hydrogen-bond donors (Lipinski definition) is 2. The molecule has 0 aliphatic heterocycles. The molecular formula is C25H26N2O2Si. The Bertz CT molecular complexity index is 1450. The maximum atomic E-state index is 12.2. The number of carbonyl (C=O) groups is 1. The van der Waals surface area contributed by atoms with Crippen molar-refractivity contribution >= 4 is 58.2 Å². The van der Waals surface area contributed by atoms with Gasteiger partial charge in [0.2, 0.25) is 8.32 Å². The number of aromatic nitrogens is 2. The topological polar surface area (TPSA) is 57.9 Å². The molecule has 30 heavy (non-hydrogen) atoms. The summed E-state index contributed by atoms with van der Waals surface area (Å²) in [5, 5.41) is 4.31. The van der Waals surface area contributed by atoms with E-state index in [1.807, 2.05) is 24.3 Å². The van der Waals surface area contributed by atoms with Crippen molar-refractivity contribution in [1.29, 1.82) is 0 Å². The van der Waals surface area contributed by atoms with Crippen LogP contribution in [-0.4, -0.2) is 24.6 Å². The van der Waals surface area contributed by atoms with Gasteiger partial charge in [0.15, 0.2) is 6.29 Å². The SMILES string of the molecule is CC(C)(C)[Si](C)(C)Oc1ccc2c(c1)[nH]c1c(C=O)c3c(cc12)[nH]c1ccccc13. The van der Waals surface area contributed by atoms with E-state index in [0.717, 1.165) is 55.6 Å². The van der Waals surface area contributed by atoms with Gasteiger partial charge in [-0.1, -0.05) is 39.0 Å². The summed E-state index contributed by atoms with van der Waals surface area (Å²) < 4.78 is 6.49. The standard InChI is InChI=1S/C25H26N2O2Si/c1-25(2,3)30(4,5)29-15-10-11-16-18-13-22-23(17-8-6-7-9-20(17)26-22)19(14-28)24(18)27-21(16)12-15/h6-14,26-27H,1-5H3. The average Bonchev–Trinajstić information content (AvgIpc) is 3.22. The van der Waals surface area contributed by atoms with Crippen LogP contribution in [0.1, 0.15) is 31.1 Å². The molecule has 0 aliphatic rings. The summed E-state index contributed by atoms with van der Waals surface area (Å²) in [6, 6.07) is 16.5. The number of carbonyl (C=O) groups excluding carboxylic acids is 1. The predicted molar refractivity (Wildman–Crippen MR) is 128 cm³/mol. The highest BCUT2D eigenvalue weighted by Crippen LogP contribution is 2.40. The molecule has 0 amide bonds. The maximum Gasteiger partial charge on any atom is 0.250 e. The number of hydrogen-bond acceptors (Lipinski definition) is 2. The van der Waals surface area contributed by atoms with Gasteiger partial charge in [-0.15, -0.1) is 0 Å². The first-order valence-electron chi connectivity index (χ1n) is 10.3. The number of rotatable bonds is 3. The molecule has 0 saturated carbocycles. The fraction of sp³-hybridized carbons (Fsp3) is 0.240. The fourth-order valence-corrected chi connectivity index (χ4v) is 5.04. The fourth-order valence-electron chi connectivity index (χ4n) is 4.02. The molecule has 0 spiro atoms. The molecule has 0 bridgehead atoms. The zero-order valence-electron chi connectivity index (χ0n) is 18.0. The second-order valence-corrected chi connectivity index (χ2v) is 14.3. The Kier molecular flexibility index (Phi) is 3.93. The van der Waals surface area contributed by atoms with E-state index in [-0.39, 0.29) is 5.04 Å². The molecule has 0 fully saturated rings. The van der Waals surface area contributed by atoms with E-state index in [4.69, 9.17) is 4.43 Å². The van der Waals surface area contributed by atoms with Crippen molar-refractivity contribution in [2.75, 3.05) is 0 Å². The van der Waals surface area contributed by atoms with E-state index in [1.54, 1.807) is 0 Å². The van der Waals surface area contributed by atoms with E-state index >= 15 is 0 Å². The van der Waals surface area contributed by atoms with Gasteiger partial charge in [0.1, 0.15) is 5.75 Å². The third-order valence-electron chi connectivity index (χ3n) is 6.67. The second-order valence-electron chi connectivity index (χ2n) is 9.62. The molecule has 0 aliphatic carbocycles. The average molecular weight is 415 g/mol. The van der Waals surface area contributed by atoms with Crippen LogP contribution < -0.4 is 4.43 Å². The zero-order valence-corrected chi connectivity index (χ0v) is 19.0. The summed E-state index contributed by atoms with van der Waals surface area (Å²) >= 11 is 0. The Morgan fingerprint density at radius 2 is 1.63 bits per heavy atom. The molecule has 0 saturated heterocycles. The Hall–Kier alpha value is -3.05. The Morgan fingerprint density at radius 1 is 0.867 bits per heavy atom. The first kappa shape index (κ1) is 18.9. The molecule has 2 N–H and O–H groups in total. The molecule has 4 nitrogen and oxygen atoms in total. The van der Waals surface area contributed by atoms with Gasteiger partial charge in [-0.25, -0.2) is 0 Å². The van der Waals surface area contributed by atoms with Gasteiger partial charge in [-0.3, -0.25) is 4.79 Å². The number of aldehydes is 1. The van der Waals surface area contributed by atoms with Gasteiger partial charge in [-0.2, -0.15) is 0 Å². The smallest absolute Gasteiger partial charge is 0.250 e. The Labute approximate surface area is 176 Å². The van der Waals surface area contributed by atoms with Crippen LogP contribution in [0.25, 0.3) is 43.6 Å². The van der Waals surface area contributed by atoms with Gasteiger partial charge < -0.3 is 14.4 Å². The van der Waals surface area contributed by atoms with Crippen LogP contribution in [0.15, 0.2) is 48.5 Å². The number of benzene rings is 3. The van der Waals surface area contributed by atoms with Crippen LogP contribution in [-0.2, 0) is 0 Å². The minimum Gasteiger partial charge on any atom is -0.543 e. The highest BCUT2D eigenvalue weighted by molar-refractivity contribution is 6.74.